The van der Waals surface area contributed by atoms with Crippen LogP contribution in [0.4, 0.5) is 10.2 Å². The quantitative estimate of drug-likeness (QED) is 0.699. The van der Waals surface area contributed by atoms with E-state index in [0.29, 0.717) is 0 Å². The highest BCUT2D eigenvalue weighted by atomic mass is 19.1. The highest BCUT2D eigenvalue weighted by Gasteiger charge is 2.18. The first-order chi connectivity index (χ1) is 7.29. The summed E-state index contributed by atoms with van der Waals surface area (Å²) in [4.78, 5) is 9.69. The largest absolute Gasteiger partial charge is 0.356 e. The van der Waals surface area contributed by atoms with E-state index in [1.165, 1.54) is 31.7 Å². The molecular formula is C11H16FN3. The molecular weight excluding hydrogens is 193 g/mol. The van der Waals surface area contributed by atoms with Crippen molar-refractivity contribution in [2.24, 2.45) is 5.92 Å². The Bertz CT molecular complexity index is 321. The van der Waals surface area contributed by atoms with Crippen LogP contribution in [0.1, 0.15) is 26.2 Å². The maximum absolute atomic E-state index is 12.9. The minimum absolute atomic E-state index is 0.447. The molecule has 2 heterocycles. The van der Waals surface area contributed by atoms with Gasteiger partial charge in [-0.05, 0) is 18.8 Å². The van der Waals surface area contributed by atoms with Crippen LogP contribution in [0.3, 0.4) is 0 Å². The van der Waals surface area contributed by atoms with E-state index in [9.17, 15) is 4.39 Å². The Balaban J connectivity index is 2.01. The molecule has 1 aromatic rings. The lowest BCUT2D eigenvalue weighted by molar-refractivity contribution is 0.393. The third-order valence-electron chi connectivity index (χ3n) is 3.14. The first-order valence-corrected chi connectivity index (χ1v) is 5.52. The van der Waals surface area contributed by atoms with Crippen LogP contribution in [0.15, 0.2) is 12.4 Å². The molecule has 0 N–H and O–H groups in total. The number of nitrogens with zero attached hydrogens (tertiary/aromatic N) is 3. The van der Waals surface area contributed by atoms with E-state index in [4.69, 9.17) is 0 Å². The molecule has 1 aliphatic heterocycles. The normalized spacial score (nSPS) is 18.1. The van der Waals surface area contributed by atoms with Crippen LogP contribution < -0.4 is 4.90 Å². The molecule has 1 aromatic heterocycles. The van der Waals surface area contributed by atoms with Gasteiger partial charge in [0.15, 0.2) is 0 Å². The van der Waals surface area contributed by atoms with Gasteiger partial charge in [-0.1, -0.05) is 13.3 Å². The van der Waals surface area contributed by atoms with E-state index in [2.05, 4.69) is 21.8 Å². The SMILES string of the molecule is CCC1CCN(c2cc(F)ncn2)CC1. The summed E-state index contributed by atoms with van der Waals surface area (Å²) in [5.74, 6) is 1.10. The average molecular weight is 209 g/mol. The van der Waals surface area contributed by atoms with Crippen molar-refractivity contribution in [3.8, 4) is 0 Å². The van der Waals surface area contributed by atoms with Gasteiger partial charge in [-0.15, -0.1) is 0 Å². The number of hydrogen-bond donors (Lipinski definition) is 0. The van der Waals surface area contributed by atoms with Crippen LogP contribution in [0.5, 0.6) is 0 Å². The maximum atomic E-state index is 12.9. The van der Waals surface area contributed by atoms with E-state index in [1.54, 1.807) is 0 Å². The number of aromatic nitrogens is 2. The van der Waals surface area contributed by atoms with Crippen molar-refractivity contribution in [1.82, 2.24) is 9.97 Å². The Labute approximate surface area is 89.3 Å². The third-order valence-corrected chi connectivity index (χ3v) is 3.14. The van der Waals surface area contributed by atoms with Crippen molar-refractivity contribution in [3.63, 3.8) is 0 Å². The molecule has 0 radical (unpaired) electrons. The van der Waals surface area contributed by atoms with Crippen LogP contribution in [0.25, 0.3) is 0 Å². The van der Waals surface area contributed by atoms with Gasteiger partial charge in [0.25, 0.3) is 0 Å². The molecule has 4 heteroatoms. The topological polar surface area (TPSA) is 29.0 Å². The molecule has 0 bridgehead atoms. The molecule has 0 aliphatic carbocycles. The predicted molar refractivity (Wildman–Crippen MR) is 57.2 cm³/mol. The number of anilines is 1. The van der Waals surface area contributed by atoms with Crippen molar-refractivity contribution in [2.75, 3.05) is 18.0 Å². The Morgan fingerprint density at radius 3 is 2.73 bits per heavy atom. The summed E-state index contributed by atoms with van der Waals surface area (Å²) in [7, 11) is 0. The summed E-state index contributed by atoms with van der Waals surface area (Å²) in [5.41, 5.74) is 0. The zero-order valence-electron chi connectivity index (χ0n) is 8.99. The molecule has 2 rings (SSSR count). The van der Waals surface area contributed by atoms with Gasteiger partial charge in [0.2, 0.25) is 5.95 Å². The van der Waals surface area contributed by atoms with E-state index < -0.39 is 5.95 Å². The Hall–Kier alpha value is -1.19. The highest BCUT2D eigenvalue weighted by Crippen LogP contribution is 2.23. The predicted octanol–water partition coefficient (Wildman–Crippen LogP) is 2.24. The molecule has 0 atom stereocenters. The summed E-state index contributed by atoms with van der Waals surface area (Å²) in [5, 5.41) is 0. The van der Waals surface area contributed by atoms with Crippen LogP contribution in [-0.4, -0.2) is 23.1 Å². The number of rotatable bonds is 2. The molecule has 0 amide bonds. The Morgan fingerprint density at radius 1 is 1.40 bits per heavy atom. The van der Waals surface area contributed by atoms with Crippen LogP contribution in [-0.2, 0) is 0 Å². The molecule has 1 saturated heterocycles. The molecule has 0 aromatic carbocycles. The summed E-state index contributed by atoms with van der Waals surface area (Å²) in [6.45, 7) is 4.19. The number of hydrogen-bond acceptors (Lipinski definition) is 3. The zero-order valence-corrected chi connectivity index (χ0v) is 8.99. The first kappa shape index (κ1) is 10.3. The lowest BCUT2D eigenvalue weighted by Crippen LogP contribution is -2.34. The molecule has 0 saturated carbocycles. The fourth-order valence-electron chi connectivity index (χ4n) is 2.07. The van der Waals surface area contributed by atoms with Crippen molar-refractivity contribution in [2.45, 2.75) is 26.2 Å². The van der Waals surface area contributed by atoms with Gasteiger partial charge < -0.3 is 4.90 Å². The molecule has 1 fully saturated rings. The molecule has 3 nitrogen and oxygen atoms in total. The number of piperidine rings is 1. The van der Waals surface area contributed by atoms with Gasteiger partial charge in [-0.25, -0.2) is 9.97 Å². The van der Waals surface area contributed by atoms with Gasteiger partial charge in [0, 0.05) is 19.2 Å². The summed E-state index contributed by atoms with van der Waals surface area (Å²) in [6, 6.07) is 1.41. The van der Waals surface area contributed by atoms with Gasteiger partial charge in [0.1, 0.15) is 12.1 Å². The molecule has 0 spiro atoms. The second-order valence-electron chi connectivity index (χ2n) is 4.04. The van der Waals surface area contributed by atoms with E-state index in [-0.39, 0.29) is 0 Å². The van der Waals surface area contributed by atoms with Crippen molar-refractivity contribution in [1.29, 1.82) is 0 Å². The monoisotopic (exact) mass is 209 g/mol. The van der Waals surface area contributed by atoms with Crippen LogP contribution in [0.2, 0.25) is 0 Å². The zero-order chi connectivity index (χ0) is 10.7. The smallest absolute Gasteiger partial charge is 0.218 e. The summed E-state index contributed by atoms with van der Waals surface area (Å²) >= 11 is 0. The fourth-order valence-corrected chi connectivity index (χ4v) is 2.07. The molecule has 0 unspecified atom stereocenters. The molecule has 15 heavy (non-hydrogen) atoms. The second-order valence-corrected chi connectivity index (χ2v) is 4.04. The van der Waals surface area contributed by atoms with Crippen LogP contribution >= 0.6 is 0 Å². The van der Waals surface area contributed by atoms with Crippen molar-refractivity contribution >= 4 is 5.82 Å². The fraction of sp³-hybridized carbons (Fsp3) is 0.636. The van der Waals surface area contributed by atoms with Gasteiger partial charge in [0.05, 0.1) is 0 Å². The third kappa shape index (κ3) is 2.43. The second kappa shape index (κ2) is 4.55. The standard InChI is InChI=1S/C11H16FN3/c1-2-9-3-5-15(6-4-9)11-7-10(12)13-8-14-11/h7-9H,2-6H2,1H3. The van der Waals surface area contributed by atoms with Gasteiger partial charge in [-0.2, -0.15) is 4.39 Å². The van der Waals surface area contributed by atoms with E-state index >= 15 is 0 Å². The van der Waals surface area contributed by atoms with Crippen molar-refractivity contribution < 1.29 is 4.39 Å². The first-order valence-electron chi connectivity index (χ1n) is 5.52. The maximum Gasteiger partial charge on any atom is 0.218 e. The lowest BCUT2D eigenvalue weighted by atomic mass is 9.94. The summed E-state index contributed by atoms with van der Waals surface area (Å²) in [6.07, 6.45) is 4.90. The average Bonchev–Trinajstić information content (AvgIpc) is 2.29. The number of halogens is 1. The van der Waals surface area contributed by atoms with Crippen LogP contribution in [0, 0.1) is 11.9 Å². The Kier molecular flexibility index (Phi) is 3.14. The van der Waals surface area contributed by atoms with E-state index in [0.717, 1.165) is 24.8 Å². The summed E-state index contributed by atoms with van der Waals surface area (Å²) < 4.78 is 12.9. The van der Waals surface area contributed by atoms with Crippen molar-refractivity contribution in [3.05, 3.63) is 18.3 Å². The highest BCUT2D eigenvalue weighted by molar-refractivity contribution is 5.37. The van der Waals surface area contributed by atoms with Gasteiger partial charge in [-0.3, -0.25) is 0 Å². The lowest BCUT2D eigenvalue weighted by Gasteiger charge is -2.32. The van der Waals surface area contributed by atoms with Gasteiger partial charge >= 0.3 is 0 Å². The molecule has 1 aliphatic rings. The Morgan fingerprint density at radius 2 is 2.13 bits per heavy atom. The van der Waals surface area contributed by atoms with E-state index in [1.807, 2.05) is 0 Å². The minimum Gasteiger partial charge on any atom is -0.356 e. The molecule has 82 valence electrons. The minimum atomic E-state index is -0.447.